The first-order valence-electron chi connectivity index (χ1n) is 9.42. The van der Waals surface area contributed by atoms with Crippen LogP contribution in [0.15, 0.2) is 23.0 Å². The maximum atomic E-state index is 13.1. The number of benzene rings is 1. The Morgan fingerprint density at radius 2 is 2.10 bits per heavy atom. The van der Waals surface area contributed by atoms with Crippen molar-refractivity contribution in [2.45, 2.75) is 31.9 Å². The summed E-state index contributed by atoms with van der Waals surface area (Å²) in [4.78, 5) is 53.4. The van der Waals surface area contributed by atoms with Gasteiger partial charge in [-0.1, -0.05) is 6.07 Å². The molecule has 29 heavy (non-hydrogen) atoms. The van der Waals surface area contributed by atoms with Crippen molar-refractivity contribution in [1.82, 2.24) is 20.2 Å². The normalized spacial score (nSPS) is 19.7. The topological polar surface area (TPSA) is 131 Å². The Kier molecular flexibility index (Phi) is 5.12. The number of carbonyl (C=O) groups is 3. The van der Waals surface area contributed by atoms with Gasteiger partial charge < -0.3 is 15.4 Å². The molecule has 2 saturated heterocycles. The fraction of sp³-hybridized carbons (Fsp3) is 0.421. The third kappa shape index (κ3) is 3.76. The van der Waals surface area contributed by atoms with Crippen LogP contribution in [0, 0.1) is 6.92 Å². The molecule has 0 spiro atoms. The van der Waals surface area contributed by atoms with Crippen LogP contribution in [0.5, 0.6) is 0 Å². The standard InChI is InChI=1S/C19H21N5O5/c1-10-21-17-12(19(28)24(10)14-5-6-15(25)23-18(14)27)3-2-4-13(17)22-16(26)9-29-11-7-20-8-11/h2-4,11,14,20H,5-9H2,1H3,(H,22,26)(H,23,25,27). The number of anilines is 1. The lowest BCUT2D eigenvalue weighted by atomic mass is 10.1. The zero-order valence-electron chi connectivity index (χ0n) is 15.9. The van der Waals surface area contributed by atoms with Crippen LogP contribution < -0.4 is 21.5 Å². The highest BCUT2D eigenvalue weighted by molar-refractivity contribution is 6.01. The van der Waals surface area contributed by atoms with Crippen molar-refractivity contribution in [3.05, 3.63) is 34.4 Å². The maximum absolute atomic E-state index is 13.1. The molecule has 0 bridgehead atoms. The van der Waals surface area contributed by atoms with E-state index in [1.807, 2.05) is 0 Å². The molecule has 3 amide bonds. The van der Waals surface area contributed by atoms with E-state index in [0.29, 0.717) is 17.0 Å². The molecule has 10 nitrogen and oxygen atoms in total. The number of aromatic nitrogens is 2. The van der Waals surface area contributed by atoms with E-state index >= 15 is 0 Å². The number of piperidine rings is 1. The summed E-state index contributed by atoms with van der Waals surface area (Å²) in [5.74, 6) is -0.871. The Morgan fingerprint density at radius 3 is 2.79 bits per heavy atom. The van der Waals surface area contributed by atoms with Crippen molar-refractivity contribution in [1.29, 1.82) is 0 Å². The van der Waals surface area contributed by atoms with Crippen LogP contribution in [0.4, 0.5) is 5.69 Å². The summed E-state index contributed by atoms with van der Waals surface area (Å²) in [5.41, 5.74) is 0.352. The molecule has 1 unspecified atom stereocenters. The van der Waals surface area contributed by atoms with E-state index in [0.717, 1.165) is 13.1 Å². The van der Waals surface area contributed by atoms with Crippen LogP contribution in [0.1, 0.15) is 24.7 Å². The van der Waals surface area contributed by atoms with Crippen LogP contribution in [-0.2, 0) is 19.1 Å². The van der Waals surface area contributed by atoms with Gasteiger partial charge in [-0.15, -0.1) is 0 Å². The van der Waals surface area contributed by atoms with Crippen molar-refractivity contribution >= 4 is 34.3 Å². The molecule has 10 heteroatoms. The van der Waals surface area contributed by atoms with Gasteiger partial charge in [0.2, 0.25) is 17.7 Å². The van der Waals surface area contributed by atoms with E-state index in [2.05, 4.69) is 20.9 Å². The van der Waals surface area contributed by atoms with Gasteiger partial charge in [-0.05, 0) is 25.5 Å². The predicted octanol–water partition coefficient (Wildman–Crippen LogP) is -0.390. The molecule has 1 aromatic carbocycles. The summed E-state index contributed by atoms with van der Waals surface area (Å²) in [7, 11) is 0. The number of aryl methyl sites for hydroxylation is 1. The van der Waals surface area contributed by atoms with E-state index in [4.69, 9.17) is 4.74 Å². The molecule has 2 fully saturated rings. The van der Waals surface area contributed by atoms with Crippen LogP contribution in [-0.4, -0.2) is 53.1 Å². The number of fused-ring (bicyclic) bond motifs is 1. The van der Waals surface area contributed by atoms with E-state index in [1.54, 1.807) is 25.1 Å². The Bertz CT molecular complexity index is 1060. The number of ether oxygens (including phenoxy) is 1. The van der Waals surface area contributed by atoms with Crippen LogP contribution >= 0.6 is 0 Å². The van der Waals surface area contributed by atoms with Gasteiger partial charge in [0, 0.05) is 19.5 Å². The number of nitrogens with one attached hydrogen (secondary N) is 3. The van der Waals surface area contributed by atoms with Gasteiger partial charge in [0.15, 0.2) is 0 Å². The highest BCUT2D eigenvalue weighted by Crippen LogP contribution is 2.23. The molecule has 1 aromatic heterocycles. The first-order chi connectivity index (χ1) is 13.9. The second kappa shape index (κ2) is 7.72. The van der Waals surface area contributed by atoms with Crippen molar-refractivity contribution < 1.29 is 19.1 Å². The van der Waals surface area contributed by atoms with Gasteiger partial charge in [0.1, 0.15) is 24.0 Å². The smallest absolute Gasteiger partial charge is 0.262 e. The van der Waals surface area contributed by atoms with Crippen molar-refractivity contribution in [2.75, 3.05) is 25.0 Å². The van der Waals surface area contributed by atoms with E-state index in [1.165, 1.54) is 4.57 Å². The summed E-state index contributed by atoms with van der Waals surface area (Å²) in [6.45, 7) is 2.98. The van der Waals surface area contributed by atoms with Crippen LogP contribution in [0.3, 0.4) is 0 Å². The Labute approximate surface area is 165 Å². The van der Waals surface area contributed by atoms with Gasteiger partial charge in [-0.25, -0.2) is 4.98 Å². The fourth-order valence-corrected chi connectivity index (χ4v) is 3.49. The third-order valence-corrected chi connectivity index (χ3v) is 5.10. The predicted molar refractivity (Wildman–Crippen MR) is 103 cm³/mol. The second-order valence-corrected chi connectivity index (χ2v) is 7.14. The number of carbonyl (C=O) groups excluding carboxylic acids is 3. The maximum Gasteiger partial charge on any atom is 0.262 e. The number of para-hydroxylation sites is 1. The number of amides is 3. The minimum absolute atomic E-state index is 0.0364. The summed E-state index contributed by atoms with van der Waals surface area (Å²) < 4.78 is 6.77. The monoisotopic (exact) mass is 399 g/mol. The third-order valence-electron chi connectivity index (χ3n) is 5.10. The zero-order chi connectivity index (χ0) is 20.5. The van der Waals surface area contributed by atoms with Crippen molar-refractivity contribution in [3.8, 4) is 0 Å². The average Bonchev–Trinajstić information content (AvgIpc) is 2.63. The molecule has 2 aromatic rings. The van der Waals surface area contributed by atoms with Crippen LogP contribution in [0.25, 0.3) is 10.9 Å². The summed E-state index contributed by atoms with van der Waals surface area (Å²) in [6.07, 6.45) is 0.435. The van der Waals surface area contributed by atoms with E-state index in [-0.39, 0.29) is 42.8 Å². The minimum Gasteiger partial charge on any atom is -0.366 e. The largest absolute Gasteiger partial charge is 0.366 e. The molecular formula is C19H21N5O5. The van der Waals surface area contributed by atoms with Crippen LogP contribution in [0.2, 0.25) is 0 Å². The number of rotatable bonds is 5. The molecule has 0 saturated carbocycles. The first kappa shape index (κ1) is 19.2. The van der Waals surface area contributed by atoms with Gasteiger partial charge in [-0.3, -0.25) is 29.1 Å². The number of hydrogen-bond donors (Lipinski definition) is 3. The minimum atomic E-state index is -0.792. The SMILES string of the molecule is Cc1nc2c(NC(=O)COC3CNC3)cccc2c(=O)n1C1CCC(=O)NC1=O. The quantitative estimate of drug-likeness (QED) is 0.584. The number of nitrogens with zero attached hydrogens (tertiary/aromatic N) is 2. The molecule has 4 rings (SSSR count). The number of imide groups is 1. The highest BCUT2D eigenvalue weighted by atomic mass is 16.5. The number of hydrogen-bond acceptors (Lipinski definition) is 7. The molecule has 152 valence electrons. The van der Waals surface area contributed by atoms with Gasteiger partial charge in [0.05, 0.1) is 17.2 Å². The summed E-state index contributed by atoms with van der Waals surface area (Å²) in [5, 5.41) is 8.34. The van der Waals surface area contributed by atoms with Gasteiger partial charge in [0.25, 0.3) is 5.56 Å². The highest BCUT2D eigenvalue weighted by Gasteiger charge is 2.30. The van der Waals surface area contributed by atoms with Crippen molar-refractivity contribution in [2.24, 2.45) is 0 Å². The van der Waals surface area contributed by atoms with E-state index < -0.39 is 17.5 Å². The lowest BCUT2D eigenvalue weighted by molar-refractivity contribution is -0.135. The fourth-order valence-electron chi connectivity index (χ4n) is 3.49. The molecule has 2 aliphatic rings. The second-order valence-electron chi connectivity index (χ2n) is 7.14. The Balaban J connectivity index is 1.63. The molecular weight excluding hydrogens is 378 g/mol. The zero-order valence-corrected chi connectivity index (χ0v) is 15.9. The molecule has 0 aliphatic carbocycles. The molecule has 1 atom stereocenters. The van der Waals surface area contributed by atoms with Gasteiger partial charge >= 0.3 is 0 Å². The molecule has 2 aliphatic heterocycles. The summed E-state index contributed by atoms with van der Waals surface area (Å²) >= 11 is 0. The molecule has 3 N–H and O–H groups in total. The lowest BCUT2D eigenvalue weighted by Gasteiger charge is -2.26. The lowest BCUT2D eigenvalue weighted by Crippen LogP contribution is -2.49. The Morgan fingerprint density at radius 1 is 1.31 bits per heavy atom. The summed E-state index contributed by atoms with van der Waals surface area (Å²) in [6, 6.07) is 4.10. The average molecular weight is 399 g/mol. The molecule has 3 heterocycles. The molecule has 0 radical (unpaired) electrons. The van der Waals surface area contributed by atoms with Gasteiger partial charge in [-0.2, -0.15) is 0 Å². The van der Waals surface area contributed by atoms with E-state index in [9.17, 15) is 19.2 Å². The Hall–Kier alpha value is -3.11. The first-order valence-corrected chi connectivity index (χ1v) is 9.42. The van der Waals surface area contributed by atoms with Crippen molar-refractivity contribution in [3.63, 3.8) is 0 Å².